The average Bonchev–Trinajstić information content (AvgIpc) is 3.13. The lowest BCUT2D eigenvalue weighted by Gasteiger charge is -2.13. The number of anilines is 1. The molecule has 1 heterocycles. The molecule has 2 N–H and O–H groups in total. The zero-order valence-corrected chi connectivity index (χ0v) is 18.6. The van der Waals surface area contributed by atoms with E-state index in [0.717, 1.165) is 5.56 Å². The predicted molar refractivity (Wildman–Crippen MR) is 126 cm³/mol. The van der Waals surface area contributed by atoms with Crippen LogP contribution in [0.1, 0.15) is 18.1 Å². The van der Waals surface area contributed by atoms with Crippen LogP contribution in [0, 0.1) is 11.6 Å². The van der Waals surface area contributed by atoms with Crippen molar-refractivity contribution in [2.45, 2.75) is 19.0 Å². The molecule has 3 aromatic rings. The van der Waals surface area contributed by atoms with Gasteiger partial charge >= 0.3 is 0 Å². The van der Waals surface area contributed by atoms with E-state index < -0.39 is 5.50 Å². The molecule has 1 amide bonds. The molecular formula is C25H22F2N2O3S. The van der Waals surface area contributed by atoms with E-state index in [4.69, 9.17) is 9.47 Å². The van der Waals surface area contributed by atoms with Crippen molar-refractivity contribution in [3.05, 3.63) is 94.4 Å². The van der Waals surface area contributed by atoms with Crippen LogP contribution in [0.2, 0.25) is 0 Å². The molecule has 1 saturated heterocycles. The van der Waals surface area contributed by atoms with Crippen LogP contribution < -0.4 is 20.1 Å². The Morgan fingerprint density at radius 2 is 1.88 bits per heavy atom. The minimum absolute atomic E-state index is 0.194. The molecule has 170 valence electrons. The number of hydrogen-bond donors (Lipinski definition) is 2. The number of nitrogens with one attached hydrogen (secondary N) is 2. The molecule has 1 fully saturated rings. The van der Waals surface area contributed by atoms with Gasteiger partial charge in [-0.2, -0.15) is 0 Å². The van der Waals surface area contributed by atoms with Crippen LogP contribution in [0.4, 0.5) is 14.5 Å². The molecular weight excluding hydrogens is 446 g/mol. The van der Waals surface area contributed by atoms with Crippen LogP contribution in [0.15, 0.2) is 71.6 Å². The van der Waals surface area contributed by atoms with E-state index in [9.17, 15) is 13.6 Å². The molecule has 4 rings (SSSR count). The van der Waals surface area contributed by atoms with Gasteiger partial charge in [0.15, 0.2) is 17.0 Å². The van der Waals surface area contributed by atoms with E-state index in [1.54, 1.807) is 48.5 Å². The second-order valence-corrected chi connectivity index (χ2v) is 8.31. The topological polar surface area (TPSA) is 59.6 Å². The van der Waals surface area contributed by atoms with E-state index in [-0.39, 0.29) is 24.1 Å². The molecule has 5 nitrogen and oxygen atoms in total. The van der Waals surface area contributed by atoms with Gasteiger partial charge in [-0.25, -0.2) is 8.78 Å². The van der Waals surface area contributed by atoms with Gasteiger partial charge in [0, 0.05) is 0 Å². The molecule has 0 aliphatic carbocycles. The highest BCUT2D eigenvalue weighted by Crippen LogP contribution is 2.34. The van der Waals surface area contributed by atoms with Crippen molar-refractivity contribution in [1.29, 1.82) is 0 Å². The van der Waals surface area contributed by atoms with Gasteiger partial charge < -0.3 is 20.1 Å². The van der Waals surface area contributed by atoms with Gasteiger partial charge in [0.25, 0.3) is 5.91 Å². The molecule has 0 bridgehead atoms. The Morgan fingerprint density at radius 1 is 1.03 bits per heavy atom. The minimum atomic E-state index is -0.485. The summed E-state index contributed by atoms with van der Waals surface area (Å²) in [4.78, 5) is 12.9. The first-order chi connectivity index (χ1) is 16.0. The van der Waals surface area contributed by atoms with Crippen LogP contribution >= 0.6 is 11.8 Å². The highest BCUT2D eigenvalue weighted by molar-refractivity contribution is 8.05. The lowest BCUT2D eigenvalue weighted by molar-refractivity contribution is -0.116. The van der Waals surface area contributed by atoms with E-state index in [2.05, 4.69) is 10.6 Å². The summed E-state index contributed by atoms with van der Waals surface area (Å²) in [5.74, 6) is 0.0787. The monoisotopic (exact) mass is 468 g/mol. The maximum atomic E-state index is 13.9. The minimum Gasteiger partial charge on any atom is -0.490 e. The average molecular weight is 469 g/mol. The summed E-state index contributed by atoms with van der Waals surface area (Å²) in [6.45, 7) is 2.49. The third kappa shape index (κ3) is 5.84. The SMILES string of the molecule is CCOc1cc(/C=C2\SC(Nc3ccccc3F)NC2=O)ccc1OCc1cccc(F)c1. The number of carbonyl (C=O) groups is 1. The third-order valence-electron chi connectivity index (χ3n) is 4.74. The van der Waals surface area contributed by atoms with E-state index >= 15 is 0 Å². The van der Waals surface area contributed by atoms with E-state index in [1.807, 2.05) is 13.0 Å². The van der Waals surface area contributed by atoms with E-state index in [1.165, 1.54) is 30.0 Å². The maximum absolute atomic E-state index is 13.9. The number of rotatable bonds is 8. The Morgan fingerprint density at radius 3 is 2.67 bits per heavy atom. The van der Waals surface area contributed by atoms with E-state index in [0.29, 0.717) is 34.3 Å². The quantitative estimate of drug-likeness (QED) is 0.425. The summed E-state index contributed by atoms with van der Waals surface area (Å²) >= 11 is 1.26. The number of para-hydroxylation sites is 1. The first-order valence-electron chi connectivity index (χ1n) is 10.4. The Bertz CT molecular complexity index is 1190. The normalized spacial score (nSPS) is 16.5. The highest BCUT2D eigenvalue weighted by Gasteiger charge is 2.27. The van der Waals surface area contributed by atoms with Crippen LogP contribution in [0.25, 0.3) is 6.08 Å². The maximum Gasteiger partial charge on any atom is 0.260 e. The first kappa shape index (κ1) is 22.7. The second-order valence-electron chi connectivity index (χ2n) is 7.16. The van der Waals surface area contributed by atoms with Gasteiger partial charge in [0.1, 0.15) is 18.2 Å². The molecule has 1 aliphatic rings. The van der Waals surface area contributed by atoms with Crippen LogP contribution in [-0.2, 0) is 11.4 Å². The summed E-state index contributed by atoms with van der Waals surface area (Å²) in [5, 5.41) is 5.76. The molecule has 3 aromatic carbocycles. The molecule has 0 aromatic heterocycles. The highest BCUT2D eigenvalue weighted by atomic mass is 32.2. The van der Waals surface area contributed by atoms with Gasteiger partial charge in [-0.05, 0) is 60.5 Å². The molecule has 33 heavy (non-hydrogen) atoms. The smallest absolute Gasteiger partial charge is 0.260 e. The van der Waals surface area contributed by atoms with Gasteiger partial charge in [0.05, 0.1) is 17.2 Å². The number of amides is 1. The third-order valence-corrected chi connectivity index (χ3v) is 5.77. The summed E-state index contributed by atoms with van der Waals surface area (Å²) in [6, 6.07) is 17.8. The number of ether oxygens (including phenoxy) is 2. The van der Waals surface area contributed by atoms with Crippen LogP contribution in [0.3, 0.4) is 0 Å². The fourth-order valence-electron chi connectivity index (χ4n) is 3.23. The molecule has 0 radical (unpaired) electrons. The van der Waals surface area contributed by atoms with Crippen molar-refractivity contribution in [1.82, 2.24) is 5.32 Å². The van der Waals surface area contributed by atoms with Crippen molar-refractivity contribution < 1.29 is 23.0 Å². The Kier molecular flexibility index (Phi) is 7.14. The predicted octanol–water partition coefficient (Wildman–Crippen LogP) is 5.54. The summed E-state index contributed by atoms with van der Waals surface area (Å²) in [6.07, 6.45) is 1.74. The molecule has 1 atom stereocenters. The Balaban J connectivity index is 1.47. The number of halogens is 2. The van der Waals surface area contributed by atoms with Gasteiger partial charge in [-0.15, -0.1) is 0 Å². The zero-order chi connectivity index (χ0) is 23.2. The summed E-state index contributed by atoms with van der Waals surface area (Å²) in [5.41, 5.74) is 1.28. The number of thioether (sulfide) groups is 1. The number of hydrogen-bond acceptors (Lipinski definition) is 5. The number of benzene rings is 3. The molecule has 0 spiro atoms. The lowest BCUT2D eigenvalue weighted by Crippen LogP contribution is -2.31. The fourth-order valence-corrected chi connectivity index (χ4v) is 4.20. The van der Waals surface area contributed by atoms with Crippen molar-refractivity contribution in [2.75, 3.05) is 11.9 Å². The Labute approximate surface area is 194 Å². The second kappa shape index (κ2) is 10.4. The van der Waals surface area contributed by atoms with Gasteiger partial charge in [-0.3, -0.25) is 4.79 Å². The van der Waals surface area contributed by atoms with Crippen molar-refractivity contribution in [3.8, 4) is 11.5 Å². The molecule has 8 heteroatoms. The van der Waals surface area contributed by atoms with Crippen molar-refractivity contribution in [3.63, 3.8) is 0 Å². The summed E-state index contributed by atoms with van der Waals surface area (Å²) in [7, 11) is 0. The van der Waals surface area contributed by atoms with Gasteiger partial charge in [0.2, 0.25) is 0 Å². The standard InChI is InChI=1S/C25H22F2N2O3S/c1-2-31-22-13-16(10-11-21(22)32-15-17-6-5-7-18(26)12-17)14-23-24(30)29-25(33-23)28-20-9-4-3-8-19(20)27/h3-14,25,28H,2,15H2,1H3,(H,29,30)/b23-14-. The fraction of sp³-hybridized carbons (Fsp3) is 0.160. The van der Waals surface area contributed by atoms with Gasteiger partial charge in [-0.1, -0.05) is 42.1 Å². The van der Waals surface area contributed by atoms with Crippen LogP contribution in [0.5, 0.6) is 11.5 Å². The number of carbonyl (C=O) groups excluding carboxylic acids is 1. The summed E-state index contributed by atoms with van der Waals surface area (Å²) < 4.78 is 38.8. The van der Waals surface area contributed by atoms with Crippen LogP contribution in [-0.4, -0.2) is 18.0 Å². The van der Waals surface area contributed by atoms with Crippen molar-refractivity contribution in [2.24, 2.45) is 0 Å². The first-order valence-corrected chi connectivity index (χ1v) is 11.2. The molecule has 0 saturated carbocycles. The molecule has 1 aliphatic heterocycles. The largest absolute Gasteiger partial charge is 0.490 e. The Hall–Kier alpha value is -3.52. The lowest BCUT2D eigenvalue weighted by atomic mass is 10.2. The molecule has 1 unspecified atom stereocenters. The zero-order valence-electron chi connectivity index (χ0n) is 17.8. The van der Waals surface area contributed by atoms with Crippen molar-refractivity contribution >= 4 is 29.4 Å².